The van der Waals surface area contributed by atoms with Crippen molar-refractivity contribution in [3.8, 4) is 0 Å². The molecule has 0 aromatic carbocycles. The Kier molecular flexibility index (Phi) is 9.80. The van der Waals surface area contributed by atoms with Crippen LogP contribution in [0.3, 0.4) is 0 Å². The standard InChI is InChI=1S/C14H25N3OS.ClH/c1-4-5-6-9-17(11(2)3)14(18)12-10-19-13(16-12)7-8-15;/h10-11H,4-9,15H2,1-3H3;1H. The van der Waals surface area contributed by atoms with Crippen molar-refractivity contribution in [2.24, 2.45) is 5.73 Å². The smallest absolute Gasteiger partial charge is 0.273 e. The summed E-state index contributed by atoms with van der Waals surface area (Å²) in [7, 11) is 0. The molecule has 2 N–H and O–H groups in total. The highest BCUT2D eigenvalue weighted by molar-refractivity contribution is 7.09. The molecule has 0 spiro atoms. The zero-order chi connectivity index (χ0) is 14.3. The van der Waals surface area contributed by atoms with Crippen LogP contribution < -0.4 is 5.73 Å². The molecular formula is C14H26ClN3OS. The monoisotopic (exact) mass is 319 g/mol. The van der Waals surface area contributed by atoms with Gasteiger partial charge in [0.1, 0.15) is 5.69 Å². The SMILES string of the molecule is CCCCCN(C(=O)c1csc(CCN)n1)C(C)C.Cl. The number of carbonyl (C=O) groups excluding carboxylic acids is 1. The Hall–Kier alpha value is -0.650. The van der Waals surface area contributed by atoms with Crippen LogP contribution in [0.2, 0.25) is 0 Å². The van der Waals surface area contributed by atoms with Crippen LogP contribution in [0.4, 0.5) is 0 Å². The number of amides is 1. The Morgan fingerprint density at radius 2 is 2.15 bits per heavy atom. The largest absolute Gasteiger partial charge is 0.335 e. The second-order valence-corrected chi connectivity index (χ2v) is 5.91. The van der Waals surface area contributed by atoms with E-state index in [4.69, 9.17) is 5.73 Å². The van der Waals surface area contributed by atoms with E-state index in [1.54, 1.807) is 0 Å². The molecule has 1 rings (SSSR count). The van der Waals surface area contributed by atoms with E-state index in [0.717, 1.165) is 37.2 Å². The maximum Gasteiger partial charge on any atom is 0.273 e. The van der Waals surface area contributed by atoms with Crippen molar-refractivity contribution < 1.29 is 4.79 Å². The third-order valence-corrected chi connectivity index (χ3v) is 3.92. The van der Waals surface area contributed by atoms with Crippen LogP contribution in [0.15, 0.2) is 5.38 Å². The van der Waals surface area contributed by atoms with E-state index in [9.17, 15) is 4.79 Å². The average Bonchev–Trinajstić information content (AvgIpc) is 2.82. The third kappa shape index (κ3) is 5.77. The first kappa shape index (κ1) is 19.4. The van der Waals surface area contributed by atoms with Gasteiger partial charge in [0.2, 0.25) is 0 Å². The van der Waals surface area contributed by atoms with Crippen molar-refractivity contribution in [1.29, 1.82) is 0 Å². The molecule has 1 aromatic rings. The molecule has 1 amide bonds. The molecule has 0 fully saturated rings. The van der Waals surface area contributed by atoms with E-state index >= 15 is 0 Å². The summed E-state index contributed by atoms with van der Waals surface area (Å²) in [6.45, 7) is 7.66. The third-order valence-electron chi connectivity index (χ3n) is 3.02. The number of aromatic nitrogens is 1. The predicted octanol–water partition coefficient (Wildman–Crippen LogP) is 3.11. The zero-order valence-corrected chi connectivity index (χ0v) is 14.2. The first-order valence-corrected chi connectivity index (χ1v) is 7.93. The molecule has 0 saturated carbocycles. The highest BCUT2D eigenvalue weighted by Crippen LogP contribution is 2.14. The fourth-order valence-electron chi connectivity index (χ4n) is 1.92. The summed E-state index contributed by atoms with van der Waals surface area (Å²) in [6, 6.07) is 0.212. The highest BCUT2D eigenvalue weighted by atomic mass is 35.5. The molecule has 0 atom stereocenters. The van der Waals surface area contributed by atoms with Gasteiger partial charge in [0.05, 0.1) is 5.01 Å². The van der Waals surface area contributed by atoms with Gasteiger partial charge in [0.15, 0.2) is 0 Å². The van der Waals surface area contributed by atoms with Crippen LogP contribution in [0, 0.1) is 0 Å². The summed E-state index contributed by atoms with van der Waals surface area (Å²) in [5, 5.41) is 2.80. The molecule has 6 heteroatoms. The first-order chi connectivity index (χ1) is 9.10. The fourth-order valence-corrected chi connectivity index (χ4v) is 2.71. The van der Waals surface area contributed by atoms with Crippen molar-refractivity contribution in [2.45, 2.75) is 52.5 Å². The summed E-state index contributed by atoms with van der Waals surface area (Å²) in [6.07, 6.45) is 4.12. The molecule has 0 bridgehead atoms. The van der Waals surface area contributed by atoms with E-state index in [0.29, 0.717) is 12.2 Å². The fraction of sp³-hybridized carbons (Fsp3) is 0.714. The van der Waals surface area contributed by atoms with E-state index < -0.39 is 0 Å². The molecule has 0 aliphatic rings. The van der Waals surface area contributed by atoms with Crippen molar-refractivity contribution in [3.05, 3.63) is 16.1 Å². The highest BCUT2D eigenvalue weighted by Gasteiger charge is 2.20. The lowest BCUT2D eigenvalue weighted by Crippen LogP contribution is -2.38. The van der Waals surface area contributed by atoms with Crippen LogP contribution in [-0.4, -0.2) is 34.9 Å². The molecular weight excluding hydrogens is 294 g/mol. The second-order valence-electron chi connectivity index (χ2n) is 4.96. The van der Waals surface area contributed by atoms with Gasteiger partial charge in [0.25, 0.3) is 5.91 Å². The van der Waals surface area contributed by atoms with Crippen LogP contribution in [0.25, 0.3) is 0 Å². The molecule has 0 radical (unpaired) electrons. The van der Waals surface area contributed by atoms with E-state index in [1.165, 1.54) is 11.3 Å². The van der Waals surface area contributed by atoms with Gasteiger partial charge in [-0.3, -0.25) is 4.79 Å². The summed E-state index contributed by atoms with van der Waals surface area (Å²) in [5.74, 6) is 0.0469. The van der Waals surface area contributed by atoms with Crippen molar-refractivity contribution in [2.75, 3.05) is 13.1 Å². The Morgan fingerprint density at radius 1 is 1.45 bits per heavy atom. The van der Waals surface area contributed by atoms with Gasteiger partial charge < -0.3 is 10.6 Å². The Balaban J connectivity index is 0.00000361. The van der Waals surface area contributed by atoms with E-state index in [1.807, 2.05) is 10.3 Å². The Labute approximate surface area is 132 Å². The summed E-state index contributed by atoms with van der Waals surface area (Å²) in [5.41, 5.74) is 6.07. The van der Waals surface area contributed by atoms with Crippen molar-refractivity contribution in [1.82, 2.24) is 9.88 Å². The second kappa shape index (κ2) is 10.1. The predicted molar refractivity (Wildman–Crippen MR) is 87.8 cm³/mol. The first-order valence-electron chi connectivity index (χ1n) is 7.05. The van der Waals surface area contributed by atoms with Crippen LogP contribution in [-0.2, 0) is 6.42 Å². The summed E-state index contributed by atoms with van der Waals surface area (Å²) in [4.78, 5) is 18.7. The minimum absolute atomic E-state index is 0. The summed E-state index contributed by atoms with van der Waals surface area (Å²) < 4.78 is 0. The van der Waals surface area contributed by atoms with Gasteiger partial charge in [0, 0.05) is 24.4 Å². The number of unbranched alkanes of at least 4 members (excludes halogenated alkanes) is 2. The average molecular weight is 320 g/mol. The molecule has 0 aliphatic heterocycles. The minimum Gasteiger partial charge on any atom is -0.335 e. The molecule has 116 valence electrons. The molecule has 1 heterocycles. The summed E-state index contributed by atoms with van der Waals surface area (Å²) >= 11 is 1.52. The maximum absolute atomic E-state index is 12.4. The molecule has 1 aromatic heterocycles. The van der Waals surface area contributed by atoms with Crippen LogP contribution in [0.5, 0.6) is 0 Å². The zero-order valence-electron chi connectivity index (χ0n) is 12.6. The van der Waals surface area contributed by atoms with Gasteiger partial charge in [-0.1, -0.05) is 19.8 Å². The molecule has 0 unspecified atom stereocenters. The number of halogens is 1. The molecule has 0 aliphatic carbocycles. The Bertz CT molecular complexity index is 396. The normalized spacial score (nSPS) is 10.4. The topological polar surface area (TPSA) is 59.2 Å². The van der Waals surface area contributed by atoms with Crippen molar-refractivity contribution in [3.63, 3.8) is 0 Å². The molecule has 20 heavy (non-hydrogen) atoms. The van der Waals surface area contributed by atoms with Gasteiger partial charge in [-0.2, -0.15) is 0 Å². The van der Waals surface area contributed by atoms with Gasteiger partial charge in [-0.05, 0) is 26.8 Å². The van der Waals surface area contributed by atoms with E-state index in [-0.39, 0.29) is 24.4 Å². The lowest BCUT2D eigenvalue weighted by Gasteiger charge is -2.26. The minimum atomic E-state index is 0. The molecule has 4 nitrogen and oxygen atoms in total. The van der Waals surface area contributed by atoms with Crippen LogP contribution in [0.1, 0.15) is 55.5 Å². The number of nitrogens with zero attached hydrogens (tertiary/aromatic N) is 2. The lowest BCUT2D eigenvalue weighted by atomic mass is 10.2. The van der Waals surface area contributed by atoms with Crippen molar-refractivity contribution >= 4 is 29.7 Å². The van der Waals surface area contributed by atoms with Gasteiger partial charge in [-0.15, -0.1) is 23.7 Å². The quantitative estimate of drug-likeness (QED) is 0.749. The lowest BCUT2D eigenvalue weighted by molar-refractivity contribution is 0.0697. The van der Waals surface area contributed by atoms with Crippen LogP contribution >= 0.6 is 23.7 Å². The number of thiazole rings is 1. The number of rotatable bonds is 8. The van der Waals surface area contributed by atoms with Gasteiger partial charge in [-0.25, -0.2) is 4.98 Å². The number of nitrogens with two attached hydrogens (primary N) is 1. The number of carbonyl (C=O) groups is 1. The maximum atomic E-state index is 12.4. The van der Waals surface area contributed by atoms with E-state index in [2.05, 4.69) is 25.8 Å². The Morgan fingerprint density at radius 3 is 2.70 bits per heavy atom. The van der Waals surface area contributed by atoms with Gasteiger partial charge >= 0.3 is 0 Å². The number of hydrogen-bond donors (Lipinski definition) is 1. The number of hydrogen-bond acceptors (Lipinski definition) is 4. The molecule has 0 saturated heterocycles.